The predicted molar refractivity (Wildman–Crippen MR) is 65.7 cm³/mol. The van der Waals surface area contributed by atoms with Crippen LogP contribution in [-0.2, 0) is 19.6 Å². The molecule has 1 heterocycles. The first-order valence-electron chi connectivity index (χ1n) is 5.08. The van der Waals surface area contributed by atoms with Gasteiger partial charge in [0.2, 0.25) is 10.0 Å². The molecule has 0 aromatic carbocycles. The van der Waals surface area contributed by atoms with E-state index in [0.29, 0.717) is 0 Å². The van der Waals surface area contributed by atoms with Crippen molar-refractivity contribution in [2.45, 2.75) is 13.3 Å². The van der Waals surface area contributed by atoms with Crippen molar-refractivity contribution in [2.75, 3.05) is 17.1 Å². The van der Waals surface area contributed by atoms with Gasteiger partial charge in [0.15, 0.2) is 11.0 Å². The summed E-state index contributed by atoms with van der Waals surface area (Å²) in [5, 5.41) is 7.18. The average molecular weight is 294 g/mol. The van der Waals surface area contributed by atoms with Crippen LogP contribution in [0, 0.1) is 0 Å². The predicted octanol–water partition coefficient (Wildman–Crippen LogP) is 0.825. The van der Waals surface area contributed by atoms with Gasteiger partial charge in [-0.05, 0) is 19.1 Å². The van der Waals surface area contributed by atoms with Crippen LogP contribution >= 0.6 is 11.6 Å². The highest BCUT2D eigenvalue weighted by Crippen LogP contribution is 2.08. The second-order valence-corrected chi connectivity index (χ2v) is 5.45. The molecule has 0 aliphatic rings. The fraction of sp³-hybridized carbons (Fsp3) is 0.444. The minimum atomic E-state index is -3.66. The van der Waals surface area contributed by atoms with E-state index < -0.39 is 16.0 Å². The summed E-state index contributed by atoms with van der Waals surface area (Å²) in [5.74, 6) is -0.899. The van der Waals surface area contributed by atoms with E-state index in [1.807, 2.05) is 0 Å². The summed E-state index contributed by atoms with van der Waals surface area (Å²) in [5.41, 5.74) is 0. The van der Waals surface area contributed by atoms with Gasteiger partial charge in [0.25, 0.3) is 0 Å². The lowest BCUT2D eigenvalue weighted by molar-refractivity contribution is -0.142. The van der Waals surface area contributed by atoms with Crippen LogP contribution in [0.3, 0.4) is 0 Å². The summed E-state index contributed by atoms with van der Waals surface area (Å²) >= 11 is 5.51. The van der Waals surface area contributed by atoms with Crippen LogP contribution in [0.1, 0.15) is 13.3 Å². The first kappa shape index (κ1) is 14.7. The van der Waals surface area contributed by atoms with Crippen LogP contribution in [0.2, 0.25) is 5.15 Å². The molecule has 0 unspecified atom stereocenters. The van der Waals surface area contributed by atoms with Crippen LogP contribution in [-0.4, -0.2) is 36.9 Å². The standard InChI is InChI=1S/C9H12ClN3O4S/c1-2-17-9(14)5-6-18(15,16)13-8-4-3-7(10)11-12-8/h3-4H,2,5-6H2,1H3,(H,12,13). The van der Waals surface area contributed by atoms with E-state index in [1.54, 1.807) is 6.92 Å². The van der Waals surface area contributed by atoms with Gasteiger partial charge in [-0.15, -0.1) is 10.2 Å². The number of hydrogen-bond donors (Lipinski definition) is 1. The van der Waals surface area contributed by atoms with Crippen molar-refractivity contribution >= 4 is 33.4 Å². The highest BCUT2D eigenvalue weighted by atomic mass is 35.5. The minimum Gasteiger partial charge on any atom is -0.466 e. The topological polar surface area (TPSA) is 98.2 Å². The van der Waals surface area contributed by atoms with Gasteiger partial charge in [0, 0.05) is 0 Å². The minimum absolute atomic E-state index is 0.0447. The number of rotatable bonds is 6. The molecule has 7 nitrogen and oxygen atoms in total. The third-order valence-electron chi connectivity index (χ3n) is 1.77. The quantitative estimate of drug-likeness (QED) is 0.780. The van der Waals surface area contributed by atoms with Gasteiger partial charge in [-0.3, -0.25) is 9.52 Å². The van der Waals surface area contributed by atoms with E-state index in [0.717, 1.165) is 0 Å². The molecule has 0 saturated heterocycles. The largest absolute Gasteiger partial charge is 0.466 e. The van der Waals surface area contributed by atoms with Crippen molar-refractivity contribution in [1.82, 2.24) is 10.2 Å². The number of sulfonamides is 1. The van der Waals surface area contributed by atoms with Gasteiger partial charge < -0.3 is 4.74 Å². The fourth-order valence-corrected chi connectivity index (χ4v) is 2.10. The maximum atomic E-state index is 11.6. The summed E-state index contributed by atoms with van der Waals surface area (Å²) in [6.45, 7) is 1.86. The molecule has 1 aromatic heterocycles. The zero-order valence-corrected chi connectivity index (χ0v) is 11.2. The molecule has 0 radical (unpaired) electrons. The van der Waals surface area contributed by atoms with Crippen molar-refractivity contribution in [3.05, 3.63) is 17.3 Å². The average Bonchev–Trinajstić information content (AvgIpc) is 2.30. The zero-order chi connectivity index (χ0) is 13.6. The summed E-state index contributed by atoms with van der Waals surface area (Å²) in [4.78, 5) is 11.0. The van der Waals surface area contributed by atoms with Crippen molar-refractivity contribution in [3.63, 3.8) is 0 Å². The number of nitrogens with zero attached hydrogens (tertiary/aromatic N) is 2. The summed E-state index contributed by atoms with van der Waals surface area (Å²) in [7, 11) is -3.66. The van der Waals surface area contributed by atoms with Gasteiger partial charge in [-0.2, -0.15) is 0 Å². The highest BCUT2D eigenvalue weighted by Gasteiger charge is 2.14. The molecule has 0 amide bonds. The van der Waals surface area contributed by atoms with E-state index in [1.165, 1.54) is 12.1 Å². The van der Waals surface area contributed by atoms with Crippen molar-refractivity contribution < 1.29 is 17.9 Å². The Balaban J connectivity index is 2.54. The second-order valence-electron chi connectivity index (χ2n) is 3.22. The lowest BCUT2D eigenvalue weighted by atomic mass is 10.5. The summed E-state index contributed by atoms with van der Waals surface area (Å²) in [6, 6.07) is 2.77. The molecule has 1 N–H and O–H groups in total. The molecule has 0 bridgehead atoms. The van der Waals surface area contributed by atoms with Crippen LogP contribution < -0.4 is 4.72 Å². The van der Waals surface area contributed by atoms with Crippen LogP contribution in [0.15, 0.2) is 12.1 Å². The molecule has 0 aliphatic carbocycles. The van der Waals surface area contributed by atoms with Crippen molar-refractivity contribution in [1.29, 1.82) is 0 Å². The number of halogens is 1. The molecule has 9 heteroatoms. The number of ether oxygens (including phenoxy) is 1. The molecule has 100 valence electrons. The third-order valence-corrected chi connectivity index (χ3v) is 3.24. The lowest BCUT2D eigenvalue weighted by Crippen LogP contribution is -2.20. The number of esters is 1. The van der Waals surface area contributed by atoms with Crippen LogP contribution in [0.4, 0.5) is 5.82 Å². The Morgan fingerprint density at radius 1 is 1.44 bits per heavy atom. The Bertz CT molecular complexity index is 503. The fourth-order valence-electron chi connectivity index (χ4n) is 1.03. The Hall–Kier alpha value is -1.41. The van der Waals surface area contributed by atoms with Crippen molar-refractivity contribution in [2.24, 2.45) is 0 Å². The molecule has 18 heavy (non-hydrogen) atoms. The Morgan fingerprint density at radius 3 is 2.72 bits per heavy atom. The Kier molecular flexibility index (Phi) is 5.29. The summed E-state index contributed by atoms with van der Waals surface area (Å²) < 4.78 is 29.9. The zero-order valence-electron chi connectivity index (χ0n) is 9.59. The number of carbonyl (C=O) groups is 1. The molecule has 0 atom stereocenters. The highest BCUT2D eigenvalue weighted by molar-refractivity contribution is 7.92. The molecular weight excluding hydrogens is 282 g/mol. The lowest BCUT2D eigenvalue weighted by Gasteiger charge is -2.06. The number of aromatic nitrogens is 2. The third kappa shape index (κ3) is 5.28. The van der Waals surface area contributed by atoms with E-state index in [2.05, 4.69) is 19.7 Å². The number of nitrogens with one attached hydrogen (secondary N) is 1. The maximum Gasteiger partial charge on any atom is 0.306 e. The summed E-state index contributed by atoms with van der Waals surface area (Å²) in [6.07, 6.45) is -0.218. The molecule has 0 spiro atoms. The van der Waals surface area contributed by atoms with E-state index in [4.69, 9.17) is 11.6 Å². The number of hydrogen-bond acceptors (Lipinski definition) is 6. The van der Waals surface area contributed by atoms with Gasteiger partial charge in [-0.1, -0.05) is 11.6 Å². The van der Waals surface area contributed by atoms with Crippen molar-refractivity contribution in [3.8, 4) is 0 Å². The van der Waals surface area contributed by atoms with E-state index in [9.17, 15) is 13.2 Å². The maximum absolute atomic E-state index is 11.6. The number of carbonyl (C=O) groups excluding carboxylic acids is 1. The Morgan fingerprint density at radius 2 is 2.17 bits per heavy atom. The molecule has 0 saturated carbocycles. The molecule has 1 rings (SSSR count). The van der Waals surface area contributed by atoms with Gasteiger partial charge in [0.1, 0.15) is 0 Å². The molecule has 0 fully saturated rings. The monoisotopic (exact) mass is 293 g/mol. The smallest absolute Gasteiger partial charge is 0.306 e. The Labute approximate surface area is 110 Å². The van der Waals surface area contributed by atoms with Gasteiger partial charge in [0.05, 0.1) is 18.8 Å². The first-order valence-corrected chi connectivity index (χ1v) is 7.11. The molecular formula is C9H12ClN3O4S. The van der Waals surface area contributed by atoms with E-state index in [-0.39, 0.29) is 29.8 Å². The van der Waals surface area contributed by atoms with Crippen LogP contribution in [0.25, 0.3) is 0 Å². The SMILES string of the molecule is CCOC(=O)CCS(=O)(=O)Nc1ccc(Cl)nn1. The number of anilines is 1. The van der Waals surface area contributed by atoms with Crippen LogP contribution in [0.5, 0.6) is 0 Å². The van der Waals surface area contributed by atoms with Gasteiger partial charge >= 0.3 is 5.97 Å². The second kappa shape index (κ2) is 6.50. The molecule has 0 aliphatic heterocycles. The normalized spacial score (nSPS) is 11.0. The van der Waals surface area contributed by atoms with E-state index >= 15 is 0 Å². The van der Waals surface area contributed by atoms with Gasteiger partial charge in [-0.25, -0.2) is 8.42 Å². The first-order chi connectivity index (χ1) is 8.43. The molecule has 1 aromatic rings.